The Kier molecular flexibility index (Phi) is 8.51. The van der Waals surface area contributed by atoms with E-state index in [9.17, 15) is 9.18 Å². The Balaban J connectivity index is 1.95. The highest BCUT2D eigenvalue weighted by Gasteiger charge is 2.24. The minimum Gasteiger partial charge on any atom is -0.480 e. The predicted molar refractivity (Wildman–Crippen MR) is 108 cm³/mol. The molecule has 0 radical (unpaired) electrons. The fourth-order valence-electron chi connectivity index (χ4n) is 3.87. The molecule has 0 aromatic heterocycles. The Morgan fingerprint density at radius 2 is 1.96 bits per heavy atom. The second-order valence-electron chi connectivity index (χ2n) is 7.72. The average molecular weight is 380 g/mol. The van der Waals surface area contributed by atoms with Gasteiger partial charge in [-0.15, -0.1) is 0 Å². The molecular weight excluding hydrogens is 345 g/mol. The van der Waals surface area contributed by atoms with Gasteiger partial charge in [0.25, 0.3) is 0 Å². The molecule has 0 unspecified atom stereocenters. The first kappa shape index (κ1) is 21.6. The van der Waals surface area contributed by atoms with Crippen LogP contribution in [0.3, 0.4) is 0 Å². The van der Waals surface area contributed by atoms with Crippen LogP contribution in [0, 0.1) is 5.82 Å². The fraction of sp³-hybridized carbons (Fsp3) is 0.667. The van der Waals surface area contributed by atoms with Crippen molar-refractivity contribution in [2.75, 3.05) is 45.2 Å². The second-order valence-corrected chi connectivity index (χ2v) is 7.72. The van der Waals surface area contributed by atoms with Crippen LogP contribution in [0.15, 0.2) is 18.2 Å². The smallest absolute Gasteiger partial charge is 0.317 e. The Bertz CT molecular complexity index is 603. The van der Waals surface area contributed by atoms with Crippen LogP contribution in [0.25, 0.3) is 0 Å². The molecule has 1 aromatic carbocycles. The molecule has 1 aliphatic rings. The van der Waals surface area contributed by atoms with Crippen molar-refractivity contribution in [2.24, 2.45) is 0 Å². The Morgan fingerprint density at radius 1 is 1.26 bits per heavy atom. The van der Waals surface area contributed by atoms with Gasteiger partial charge in [0.05, 0.1) is 6.54 Å². The lowest BCUT2D eigenvalue weighted by atomic mass is 10.0. The first-order valence-electron chi connectivity index (χ1n) is 10.0. The number of benzene rings is 1. The summed E-state index contributed by atoms with van der Waals surface area (Å²) in [6.07, 6.45) is 5.43. The lowest BCUT2D eigenvalue weighted by molar-refractivity contribution is -0.138. The van der Waals surface area contributed by atoms with Crippen LogP contribution < -0.4 is 4.90 Å². The largest absolute Gasteiger partial charge is 0.480 e. The molecule has 1 aliphatic heterocycles. The van der Waals surface area contributed by atoms with E-state index in [4.69, 9.17) is 5.11 Å². The number of rotatable bonds is 10. The summed E-state index contributed by atoms with van der Waals surface area (Å²) in [4.78, 5) is 17.4. The van der Waals surface area contributed by atoms with Gasteiger partial charge in [-0.25, -0.2) is 4.39 Å². The van der Waals surface area contributed by atoms with E-state index < -0.39 is 5.97 Å². The molecule has 1 N–H and O–H groups in total. The molecule has 152 valence electrons. The maximum atomic E-state index is 13.9. The van der Waals surface area contributed by atoms with Crippen molar-refractivity contribution in [3.8, 4) is 0 Å². The molecule has 0 aliphatic carbocycles. The van der Waals surface area contributed by atoms with Crippen LogP contribution in [-0.4, -0.2) is 67.2 Å². The zero-order chi connectivity index (χ0) is 19.8. The number of carboxylic acids is 1. The molecule has 0 amide bonds. The van der Waals surface area contributed by atoms with E-state index in [0.29, 0.717) is 6.04 Å². The van der Waals surface area contributed by atoms with Gasteiger partial charge in [0, 0.05) is 31.9 Å². The summed E-state index contributed by atoms with van der Waals surface area (Å²) in [5, 5.41) is 8.95. The normalized spacial score (nSPS) is 16.0. The third-order valence-electron chi connectivity index (χ3n) is 5.51. The maximum absolute atomic E-state index is 13.9. The molecule has 27 heavy (non-hydrogen) atoms. The van der Waals surface area contributed by atoms with E-state index in [1.54, 1.807) is 12.1 Å². The van der Waals surface area contributed by atoms with Crippen LogP contribution in [0.5, 0.6) is 0 Å². The van der Waals surface area contributed by atoms with Crippen LogP contribution >= 0.6 is 0 Å². The van der Waals surface area contributed by atoms with Crippen LogP contribution in [0.2, 0.25) is 0 Å². The van der Waals surface area contributed by atoms with Gasteiger partial charge in [0.2, 0.25) is 0 Å². The van der Waals surface area contributed by atoms with Gasteiger partial charge < -0.3 is 10.0 Å². The number of likely N-dealkylation sites (N-methyl/N-ethyl adjacent to an activating group) is 1. The molecule has 1 aromatic rings. The van der Waals surface area contributed by atoms with Crippen molar-refractivity contribution in [1.82, 2.24) is 9.80 Å². The molecule has 0 saturated carbocycles. The second kappa shape index (κ2) is 10.6. The van der Waals surface area contributed by atoms with Gasteiger partial charge in [-0.3, -0.25) is 14.6 Å². The molecule has 1 heterocycles. The summed E-state index contributed by atoms with van der Waals surface area (Å²) in [5.74, 6) is -0.970. The van der Waals surface area contributed by atoms with Crippen molar-refractivity contribution >= 4 is 11.7 Å². The van der Waals surface area contributed by atoms with E-state index in [-0.39, 0.29) is 12.4 Å². The minimum atomic E-state index is -0.782. The molecule has 0 bridgehead atoms. The van der Waals surface area contributed by atoms with E-state index >= 15 is 0 Å². The molecule has 0 atom stereocenters. The summed E-state index contributed by atoms with van der Waals surface area (Å²) >= 11 is 0. The summed E-state index contributed by atoms with van der Waals surface area (Å²) in [5.41, 5.74) is 2.14. The number of anilines is 1. The summed E-state index contributed by atoms with van der Waals surface area (Å²) in [6, 6.07) is 5.40. The highest BCUT2D eigenvalue weighted by molar-refractivity contribution is 5.69. The zero-order valence-electron chi connectivity index (χ0n) is 17.0. The molecule has 2 rings (SSSR count). The Morgan fingerprint density at radius 3 is 2.59 bits per heavy atom. The van der Waals surface area contributed by atoms with Crippen LogP contribution in [-0.2, 0) is 11.3 Å². The van der Waals surface area contributed by atoms with Crippen molar-refractivity contribution < 1.29 is 14.3 Å². The lowest BCUT2D eigenvalue weighted by Crippen LogP contribution is -2.44. The number of carboxylic acid groups (broad SMARTS) is 1. The minimum absolute atomic E-state index is 0.0846. The molecule has 5 nitrogen and oxygen atoms in total. The molecular formula is C21H34FN3O2. The fourth-order valence-corrected chi connectivity index (χ4v) is 3.87. The number of aliphatic carboxylic acids is 1. The molecule has 6 heteroatoms. The van der Waals surface area contributed by atoms with E-state index in [1.807, 2.05) is 18.0 Å². The third-order valence-corrected chi connectivity index (χ3v) is 5.51. The van der Waals surface area contributed by atoms with E-state index in [0.717, 1.165) is 56.7 Å². The van der Waals surface area contributed by atoms with Gasteiger partial charge in [-0.1, -0.05) is 19.8 Å². The van der Waals surface area contributed by atoms with Gasteiger partial charge in [-0.2, -0.15) is 0 Å². The average Bonchev–Trinajstić information content (AvgIpc) is 2.62. The first-order chi connectivity index (χ1) is 12.9. The van der Waals surface area contributed by atoms with Crippen LogP contribution in [0.1, 0.15) is 44.6 Å². The van der Waals surface area contributed by atoms with Crippen molar-refractivity contribution in [3.05, 3.63) is 29.6 Å². The number of halogens is 1. The molecule has 0 spiro atoms. The van der Waals surface area contributed by atoms with E-state index in [2.05, 4.69) is 23.8 Å². The zero-order valence-corrected chi connectivity index (χ0v) is 17.0. The quantitative estimate of drug-likeness (QED) is 0.631. The number of nitrogens with zero attached hydrogens (tertiary/aromatic N) is 3. The van der Waals surface area contributed by atoms with Crippen molar-refractivity contribution in [1.29, 1.82) is 0 Å². The van der Waals surface area contributed by atoms with E-state index in [1.165, 1.54) is 12.8 Å². The summed E-state index contributed by atoms with van der Waals surface area (Å²) in [7, 11) is 3.96. The van der Waals surface area contributed by atoms with Gasteiger partial charge in [-0.05, 0) is 63.2 Å². The van der Waals surface area contributed by atoms with Crippen LogP contribution in [0.4, 0.5) is 10.1 Å². The summed E-state index contributed by atoms with van der Waals surface area (Å²) in [6.45, 7) is 5.81. The van der Waals surface area contributed by atoms with Gasteiger partial charge in [0.1, 0.15) is 5.82 Å². The molecule has 1 saturated heterocycles. The monoisotopic (exact) mass is 379 g/mol. The Labute approximate surface area is 162 Å². The van der Waals surface area contributed by atoms with Crippen molar-refractivity contribution in [2.45, 2.75) is 51.6 Å². The van der Waals surface area contributed by atoms with Gasteiger partial charge in [0.15, 0.2) is 0 Å². The lowest BCUT2D eigenvalue weighted by Gasteiger charge is -2.36. The highest BCUT2D eigenvalue weighted by Crippen LogP contribution is 2.25. The SMILES string of the molecule is CCCCCN(C)c1ccc(F)cc1CN1CCC(N(C)CC(=O)O)CC1. The number of hydrogen-bond acceptors (Lipinski definition) is 4. The number of unbranched alkanes of at least 4 members (excludes halogenated alkanes) is 2. The number of likely N-dealkylation sites (tertiary alicyclic amines) is 1. The number of piperidine rings is 1. The predicted octanol–water partition coefficient (Wildman–Crippen LogP) is 3.43. The topological polar surface area (TPSA) is 47.0 Å². The summed E-state index contributed by atoms with van der Waals surface area (Å²) < 4.78 is 13.9. The number of hydrogen-bond donors (Lipinski definition) is 1. The maximum Gasteiger partial charge on any atom is 0.317 e. The number of carbonyl (C=O) groups is 1. The highest BCUT2D eigenvalue weighted by atomic mass is 19.1. The Hall–Kier alpha value is -1.66. The van der Waals surface area contributed by atoms with Crippen molar-refractivity contribution in [3.63, 3.8) is 0 Å². The third kappa shape index (κ3) is 6.78. The van der Waals surface area contributed by atoms with Gasteiger partial charge >= 0.3 is 5.97 Å². The first-order valence-corrected chi connectivity index (χ1v) is 10.0. The standard InChI is InChI=1S/C21H34FN3O2/c1-4-5-6-11-23(2)20-8-7-18(22)14-17(20)15-25-12-9-19(10-13-25)24(3)16-21(26)27/h7-8,14,19H,4-6,9-13,15-16H2,1-3H3,(H,26,27). The molecule has 1 fully saturated rings.